The van der Waals surface area contributed by atoms with Crippen molar-refractivity contribution in [3.8, 4) is 0 Å². The number of rotatable bonds is 3. The van der Waals surface area contributed by atoms with Gasteiger partial charge in [-0.1, -0.05) is 13.8 Å². The molecule has 2 saturated heterocycles. The molecule has 17 heavy (non-hydrogen) atoms. The Bertz CT molecular complexity index is 240. The van der Waals surface area contributed by atoms with Gasteiger partial charge in [0.2, 0.25) is 0 Å². The van der Waals surface area contributed by atoms with Crippen LogP contribution in [0.25, 0.3) is 0 Å². The highest BCUT2D eigenvalue weighted by Gasteiger charge is 2.32. The summed E-state index contributed by atoms with van der Waals surface area (Å²) in [5.41, 5.74) is 0.266. The lowest BCUT2D eigenvalue weighted by atomic mass is 9.93. The smallest absolute Gasteiger partial charge is 0.0702 e. The first-order valence-electron chi connectivity index (χ1n) is 6.78. The van der Waals surface area contributed by atoms with E-state index in [1.165, 1.54) is 12.8 Å². The molecule has 0 aliphatic carbocycles. The molecule has 4 nitrogen and oxygen atoms in total. The van der Waals surface area contributed by atoms with E-state index in [1.807, 2.05) is 0 Å². The normalized spacial score (nSPS) is 34.8. The standard InChI is InChI=1S/C13H26N2O2/c1-13(2)9-14-6-11(8-16)15(10-13)7-12-4-3-5-17-12/h11-12,14,16H,3-10H2,1-2H3. The number of nitrogens with one attached hydrogen (secondary N) is 1. The SMILES string of the molecule is CC1(C)CNCC(CO)N(CC2CCCO2)C1. The minimum absolute atomic E-state index is 0.232. The van der Waals surface area contributed by atoms with Crippen molar-refractivity contribution in [3.63, 3.8) is 0 Å². The second kappa shape index (κ2) is 5.65. The fourth-order valence-corrected chi connectivity index (χ4v) is 2.88. The van der Waals surface area contributed by atoms with E-state index in [9.17, 15) is 5.11 Å². The quantitative estimate of drug-likeness (QED) is 0.754. The van der Waals surface area contributed by atoms with Gasteiger partial charge in [-0.2, -0.15) is 0 Å². The van der Waals surface area contributed by atoms with Crippen molar-refractivity contribution in [2.24, 2.45) is 5.41 Å². The van der Waals surface area contributed by atoms with Crippen LogP contribution in [0.4, 0.5) is 0 Å². The summed E-state index contributed by atoms with van der Waals surface area (Å²) in [5.74, 6) is 0. The van der Waals surface area contributed by atoms with Gasteiger partial charge < -0.3 is 15.2 Å². The predicted molar refractivity (Wildman–Crippen MR) is 68.1 cm³/mol. The molecule has 0 spiro atoms. The molecule has 2 fully saturated rings. The first-order chi connectivity index (χ1) is 8.11. The molecule has 2 unspecified atom stereocenters. The van der Waals surface area contributed by atoms with Crippen molar-refractivity contribution in [1.29, 1.82) is 0 Å². The van der Waals surface area contributed by atoms with Gasteiger partial charge >= 0.3 is 0 Å². The minimum atomic E-state index is 0.232. The van der Waals surface area contributed by atoms with Crippen molar-refractivity contribution in [2.45, 2.75) is 38.8 Å². The van der Waals surface area contributed by atoms with Gasteiger partial charge in [0.25, 0.3) is 0 Å². The molecule has 0 saturated carbocycles. The van der Waals surface area contributed by atoms with E-state index >= 15 is 0 Å². The van der Waals surface area contributed by atoms with Crippen LogP contribution in [-0.2, 0) is 4.74 Å². The summed E-state index contributed by atoms with van der Waals surface area (Å²) in [6.07, 6.45) is 2.73. The number of hydrogen-bond donors (Lipinski definition) is 2. The van der Waals surface area contributed by atoms with Crippen molar-refractivity contribution in [2.75, 3.05) is 39.4 Å². The molecule has 0 aromatic rings. The zero-order chi connectivity index (χ0) is 12.3. The Morgan fingerprint density at radius 1 is 1.47 bits per heavy atom. The lowest BCUT2D eigenvalue weighted by molar-refractivity contribution is 0.0345. The first kappa shape index (κ1) is 13.3. The molecule has 0 bridgehead atoms. The van der Waals surface area contributed by atoms with E-state index in [0.29, 0.717) is 6.10 Å². The molecule has 2 atom stereocenters. The maximum absolute atomic E-state index is 9.51. The van der Waals surface area contributed by atoms with E-state index in [1.54, 1.807) is 0 Å². The third-order valence-electron chi connectivity index (χ3n) is 3.80. The van der Waals surface area contributed by atoms with E-state index in [0.717, 1.165) is 32.8 Å². The summed E-state index contributed by atoms with van der Waals surface area (Å²) in [6, 6.07) is 0.237. The average Bonchev–Trinajstić information content (AvgIpc) is 2.70. The number of ether oxygens (including phenoxy) is 1. The third-order valence-corrected chi connectivity index (χ3v) is 3.80. The Morgan fingerprint density at radius 2 is 2.29 bits per heavy atom. The second-order valence-electron chi connectivity index (χ2n) is 6.20. The van der Waals surface area contributed by atoms with Gasteiger partial charge in [0.15, 0.2) is 0 Å². The molecule has 0 radical (unpaired) electrons. The molecular formula is C13H26N2O2. The second-order valence-corrected chi connectivity index (χ2v) is 6.20. The molecule has 100 valence electrons. The summed E-state index contributed by atoms with van der Waals surface area (Å²) in [6.45, 7) is 9.60. The fraction of sp³-hybridized carbons (Fsp3) is 1.00. The van der Waals surface area contributed by atoms with Crippen LogP contribution in [0.5, 0.6) is 0 Å². The minimum Gasteiger partial charge on any atom is -0.395 e. The molecule has 2 N–H and O–H groups in total. The number of aliphatic hydroxyl groups excluding tert-OH is 1. The monoisotopic (exact) mass is 242 g/mol. The predicted octanol–water partition coefficient (Wildman–Crippen LogP) is 0.458. The highest BCUT2D eigenvalue weighted by Crippen LogP contribution is 2.22. The lowest BCUT2D eigenvalue weighted by Crippen LogP contribution is -2.47. The van der Waals surface area contributed by atoms with Crippen LogP contribution >= 0.6 is 0 Å². The molecule has 0 amide bonds. The van der Waals surface area contributed by atoms with Crippen LogP contribution in [0.1, 0.15) is 26.7 Å². The van der Waals surface area contributed by atoms with E-state index in [2.05, 4.69) is 24.1 Å². The van der Waals surface area contributed by atoms with Gasteiger partial charge in [0.05, 0.1) is 12.7 Å². The Balaban J connectivity index is 1.97. The summed E-state index contributed by atoms with van der Waals surface area (Å²) in [4.78, 5) is 2.41. The molecule has 2 rings (SSSR count). The molecule has 4 heteroatoms. The van der Waals surface area contributed by atoms with Crippen LogP contribution in [0.3, 0.4) is 0 Å². The molecule has 0 aromatic carbocycles. The third kappa shape index (κ3) is 3.65. The van der Waals surface area contributed by atoms with Crippen LogP contribution in [0.2, 0.25) is 0 Å². The van der Waals surface area contributed by atoms with Crippen molar-refractivity contribution < 1.29 is 9.84 Å². The maximum Gasteiger partial charge on any atom is 0.0702 e. The van der Waals surface area contributed by atoms with Gasteiger partial charge in [0.1, 0.15) is 0 Å². The zero-order valence-corrected chi connectivity index (χ0v) is 11.1. The Hall–Kier alpha value is -0.160. The fourth-order valence-electron chi connectivity index (χ4n) is 2.88. The van der Waals surface area contributed by atoms with E-state index in [4.69, 9.17) is 4.74 Å². The molecular weight excluding hydrogens is 216 g/mol. The average molecular weight is 242 g/mol. The van der Waals surface area contributed by atoms with Gasteiger partial charge in [0, 0.05) is 38.8 Å². The lowest BCUT2D eigenvalue weighted by Gasteiger charge is -2.34. The summed E-state index contributed by atoms with van der Waals surface area (Å²) < 4.78 is 5.71. The Labute approximate surface area is 104 Å². The van der Waals surface area contributed by atoms with Crippen molar-refractivity contribution in [1.82, 2.24) is 10.2 Å². The molecule has 2 aliphatic rings. The summed E-state index contributed by atoms with van der Waals surface area (Å²) in [7, 11) is 0. The van der Waals surface area contributed by atoms with E-state index in [-0.39, 0.29) is 18.1 Å². The summed E-state index contributed by atoms with van der Waals surface area (Å²) in [5, 5.41) is 13.0. The highest BCUT2D eigenvalue weighted by molar-refractivity contribution is 4.87. The van der Waals surface area contributed by atoms with Crippen molar-refractivity contribution >= 4 is 0 Å². The molecule has 0 aromatic heterocycles. The van der Waals surface area contributed by atoms with E-state index < -0.39 is 0 Å². The van der Waals surface area contributed by atoms with Gasteiger partial charge in [-0.25, -0.2) is 0 Å². The van der Waals surface area contributed by atoms with Gasteiger partial charge in [-0.3, -0.25) is 4.90 Å². The maximum atomic E-state index is 9.51. The highest BCUT2D eigenvalue weighted by atomic mass is 16.5. The Morgan fingerprint density at radius 3 is 2.94 bits per heavy atom. The van der Waals surface area contributed by atoms with Crippen LogP contribution in [0, 0.1) is 5.41 Å². The van der Waals surface area contributed by atoms with Crippen molar-refractivity contribution in [3.05, 3.63) is 0 Å². The largest absolute Gasteiger partial charge is 0.395 e. The topological polar surface area (TPSA) is 44.7 Å². The van der Waals surface area contributed by atoms with Crippen LogP contribution in [0.15, 0.2) is 0 Å². The van der Waals surface area contributed by atoms with Gasteiger partial charge in [-0.05, 0) is 18.3 Å². The number of aliphatic hydroxyl groups is 1. The van der Waals surface area contributed by atoms with Gasteiger partial charge in [-0.15, -0.1) is 0 Å². The molecule has 2 aliphatic heterocycles. The number of hydrogen-bond acceptors (Lipinski definition) is 4. The Kier molecular flexibility index (Phi) is 4.42. The molecule has 2 heterocycles. The first-order valence-corrected chi connectivity index (χ1v) is 6.78. The summed E-state index contributed by atoms with van der Waals surface area (Å²) >= 11 is 0. The number of nitrogens with zero attached hydrogens (tertiary/aromatic N) is 1. The van der Waals surface area contributed by atoms with Crippen LogP contribution < -0.4 is 5.32 Å². The van der Waals surface area contributed by atoms with Crippen LogP contribution in [-0.4, -0.2) is 61.5 Å². The zero-order valence-electron chi connectivity index (χ0n) is 11.1.